The fraction of sp³-hybridized carbons (Fsp3) is 0. The Hall–Kier alpha value is -2.51. The Morgan fingerprint density at radius 3 is 2.43 bits per heavy atom. The molecule has 0 radical (unpaired) electrons. The Balaban J connectivity index is 2.11. The summed E-state index contributed by atoms with van der Waals surface area (Å²) >= 11 is 1.39. The summed E-state index contributed by atoms with van der Waals surface area (Å²) in [5.41, 5.74) is 0.303. The number of rotatable bonds is 2. The van der Waals surface area contributed by atoms with E-state index >= 15 is 0 Å². The van der Waals surface area contributed by atoms with Gasteiger partial charge in [-0.15, -0.1) is 0 Å². The van der Waals surface area contributed by atoms with Crippen molar-refractivity contribution in [2.24, 2.45) is 0 Å². The highest BCUT2D eigenvalue weighted by atomic mass is 32.2. The van der Waals surface area contributed by atoms with Gasteiger partial charge >= 0.3 is 0 Å². The van der Waals surface area contributed by atoms with E-state index in [0.717, 1.165) is 15.7 Å². The molecule has 0 aliphatic heterocycles. The molecule has 1 N–H and O–H groups in total. The molecular weight excluding hydrogens is 285 g/mol. The number of benzene rings is 3. The molecule has 0 saturated heterocycles. The lowest BCUT2D eigenvalue weighted by Crippen LogP contribution is -1.85. The Labute approximate surface area is 125 Å². The minimum absolute atomic E-state index is 0.217. The van der Waals surface area contributed by atoms with Crippen molar-refractivity contribution in [3.8, 4) is 11.8 Å². The fourth-order valence-electron chi connectivity index (χ4n) is 2.14. The lowest BCUT2D eigenvalue weighted by atomic mass is 10.1. The van der Waals surface area contributed by atoms with Gasteiger partial charge in [-0.2, -0.15) is 5.26 Å². The molecular formula is C17H10FNOS. The molecule has 2 nitrogen and oxygen atoms in total. The third-order valence-corrected chi connectivity index (χ3v) is 4.29. The van der Waals surface area contributed by atoms with Gasteiger partial charge < -0.3 is 5.11 Å². The highest BCUT2D eigenvalue weighted by Gasteiger charge is 2.10. The van der Waals surface area contributed by atoms with E-state index in [1.807, 2.05) is 30.3 Å². The van der Waals surface area contributed by atoms with Crippen molar-refractivity contribution in [3.63, 3.8) is 0 Å². The summed E-state index contributed by atoms with van der Waals surface area (Å²) < 4.78 is 13.2. The van der Waals surface area contributed by atoms with Gasteiger partial charge in [0, 0.05) is 15.2 Å². The SMILES string of the molecule is N#Cc1cc(F)ccc1Sc1ccc(O)c2ccccc12. The summed E-state index contributed by atoms with van der Waals surface area (Å²) in [5.74, 6) is -0.207. The maximum Gasteiger partial charge on any atom is 0.124 e. The van der Waals surface area contributed by atoms with Crippen molar-refractivity contribution >= 4 is 22.5 Å². The number of nitriles is 1. The second-order valence-electron chi connectivity index (χ2n) is 4.48. The largest absolute Gasteiger partial charge is 0.507 e. The molecule has 21 heavy (non-hydrogen) atoms. The first-order valence-electron chi connectivity index (χ1n) is 6.27. The van der Waals surface area contributed by atoms with Gasteiger partial charge in [0.1, 0.15) is 17.6 Å². The molecule has 0 aliphatic rings. The van der Waals surface area contributed by atoms with Crippen LogP contribution in [0.3, 0.4) is 0 Å². The third kappa shape index (κ3) is 2.56. The van der Waals surface area contributed by atoms with Crippen LogP contribution in [0.15, 0.2) is 64.4 Å². The zero-order valence-corrected chi connectivity index (χ0v) is 11.7. The molecule has 0 atom stereocenters. The first-order chi connectivity index (χ1) is 10.2. The number of fused-ring (bicyclic) bond motifs is 1. The molecule has 0 heterocycles. The van der Waals surface area contributed by atoms with Gasteiger partial charge in [0.25, 0.3) is 0 Å². The number of hydrogen-bond donors (Lipinski definition) is 1. The van der Waals surface area contributed by atoms with Gasteiger partial charge in [-0.25, -0.2) is 4.39 Å². The van der Waals surface area contributed by atoms with Crippen molar-refractivity contribution in [3.05, 3.63) is 66.0 Å². The number of phenols is 1. The minimum Gasteiger partial charge on any atom is -0.507 e. The summed E-state index contributed by atoms with van der Waals surface area (Å²) in [6, 6.07) is 17.1. The van der Waals surface area contributed by atoms with Crippen LogP contribution in [0, 0.1) is 17.1 Å². The lowest BCUT2D eigenvalue weighted by Gasteiger charge is -2.09. The molecule has 3 rings (SSSR count). The number of halogens is 1. The summed E-state index contributed by atoms with van der Waals surface area (Å²) in [4.78, 5) is 1.60. The lowest BCUT2D eigenvalue weighted by molar-refractivity contribution is 0.481. The predicted molar refractivity (Wildman–Crippen MR) is 80.9 cm³/mol. The maximum atomic E-state index is 13.2. The van der Waals surface area contributed by atoms with Gasteiger partial charge in [0.2, 0.25) is 0 Å². The summed E-state index contributed by atoms with van der Waals surface area (Å²) in [5, 5.41) is 20.6. The van der Waals surface area contributed by atoms with Crippen LogP contribution >= 0.6 is 11.8 Å². The molecule has 3 aromatic rings. The topological polar surface area (TPSA) is 44.0 Å². The summed E-state index contributed by atoms with van der Waals surface area (Å²) in [7, 11) is 0. The van der Waals surface area contributed by atoms with Crippen molar-refractivity contribution < 1.29 is 9.50 Å². The minimum atomic E-state index is -0.425. The Kier molecular flexibility index (Phi) is 3.51. The van der Waals surface area contributed by atoms with Gasteiger partial charge in [-0.3, -0.25) is 0 Å². The van der Waals surface area contributed by atoms with Crippen LogP contribution in [-0.4, -0.2) is 5.11 Å². The molecule has 0 aromatic heterocycles. The predicted octanol–water partition coefficient (Wildman–Crippen LogP) is 4.71. The van der Waals surface area contributed by atoms with Gasteiger partial charge in [-0.1, -0.05) is 36.0 Å². The Morgan fingerprint density at radius 2 is 1.67 bits per heavy atom. The van der Waals surface area contributed by atoms with Crippen LogP contribution < -0.4 is 0 Å². The van der Waals surface area contributed by atoms with Crippen LogP contribution in [0.25, 0.3) is 10.8 Å². The summed E-state index contributed by atoms with van der Waals surface area (Å²) in [6.45, 7) is 0. The summed E-state index contributed by atoms with van der Waals surface area (Å²) in [6.07, 6.45) is 0. The highest BCUT2D eigenvalue weighted by molar-refractivity contribution is 7.99. The first kappa shape index (κ1) is 13.5. The molecule has 0 aliphatic carbocycles. The van der Waals surface area contributed by atoms with Crippen LogP contribution in [0.2, 0.25) is 0 Å². The number of phenolic OH excluding ortho intramolecular Hbond substituents is 1. The van der Waals surface area contributed by atoms with Crippen molar-refractivity contribution in [2.75, 3.05) is 0 Å². The van der Waals surface area contributed by atoms with Crippen LogP contribution in [0.1, 0.15) is 5.56 Å². The first-order valence-corrected chi connectivity index (χ1v) is 7.09. The normalized spacial score (nSPS) is 10.5. The molecule has 3 aromatic carbocycles. The van der Waals surface area contributed by atoms with E-state index in [4.69, 9.17) is 5.26 Å². The van der Waals surface area contributed by atoms with E-state index in [9.17, 15) is 9.50 Å². The fourth-order valence-corrected chi connectivity index (χ4v) is 3.15. The Bertz CT molecular complexity index is 870. The van der Waals surface area contributed by atoms with Crippen molar-refractivity contribution in [2.45, 2.75) is 9.79 Å². The average Bonchev–Trinajstić information content (AvgIpc) is 2.52. The van der Waals surface area contributed by atoms with Gasteiger partial charge in [0.15, 0.2) is 0 Å². The third-order valence-electron chi connectivity index (χ3n) is 3.14. The molecule has 0 saturated carbocycles. The highest BCUT2D eigenvalue weighted by Crippen LogP contribution is 2.38. The van der Waals surface area contributed by atoms with Gasteiger partial charge in [0.05, 0.1) is 5.56 Å². The molecule has 4 heteroatoms. The van der Waals surface area contributed by atoms with E-state index in [0.29, 0.717) is 10.5 Å². The average molecular weight is 295 g/mol. The molecule has 0 bridgehead atoms. The van der Waals surface area contributed by atoms with E-state index in [1.54, 1.807) is 18.2 Å². The zero-order chi connectivity index (χ0) is 14.8. The van der Waals surface area contributed by atoms with E-state index < -0.39 is 5.82 Å². The quantitative estimate of drug-likeness (QED) is 0.744. The van der Waals surface area contributed by atoms with Crippen LogP contribution in [0.4, 0.5) is 4.39 Å². The van der Waals surface area contributed by atoms with E-state index in [-0.39, 0.29) is 5.75 Å². The standard InChI is InChI=1S/C17H10FNOS/c18-12-5-7-16(11(9-12)10-19)21-17-8-6-15(20)13-3-1-2-4-14(13)17/h1-9,20H. The second-order valence-corrected chi connectivity index (χ2v) is 5.57. The molecule has 102 valence electrons. The zero-order valence-electron chi connectivity index (χ0n) is 10.9. The number of aromatic hydroxyl groups is 1. The molecule has 0 amide bonds. The Morgan fingerprint density at radius 1 is 0.952 bits per heavy atom. The molecule has 0 unspecified atom stereocenters. The van der Waals surface area contributed by atoms with Crippen LogP contribution in [0.5, 0.6) is 5.75 Å². The van der Waals surface area contributed by atoms with Crippen LogP contribution in [-0.2, 0) is 0 Å². The molecule has 0 fully saturated rings. The second kappa shape index (κ2) is 5.47. The monoisotopic (exact) mass is 295 g/mol. The smallest absolute Gasteiger partial charge is 0.124 e. The number of hydrogen-bond acceptors (Lipinski definition) is 3. The van der Waals surface area contributed by atoms with Crippen molar-refractivity contribution in [1.29, 1.82) is 5.26 Å². The van der Waals surface area contributed by atoms with Crippen molar-refractivity contribution in [1.82, 2.24) is 0 Å². The van der Waals surface area contributed by atoms with E-state index in [2.05, 4.69) is 0 Å². The maximum absolute atomic E-state index is 13.2. The number of nitrogens with zero attached hydrogens (tertiary/aromatic N) is 1. The molecule has 0 spiro atoms. The van der Waals surface area contributed by atoms with E-state index in [1.165, 1.54) is 23.9 Å². The van der Waals surface area contributed by atoms with Gasteiger partial charge in [-0.05, 0) is 35.7 Å².